The van der Waals surface area contributed by atoms with Gasteiger partial charge < -0.3 is 28.7 Å². The fourth-order valence-electron chi connectivity index (χ4n) is 6.52. The van der Waals surface area contributed by atoms with Gasteiger partial charge in [-0.3, -0.25) is 24.6 Å². The Morgan fingerprint density at radius 1 is 0.708 bits per heavy atom. The van der Waals surface area contributed by atoms with E-state index in [4.69, 9.17) is 23.9 Å². The zero-order chi connectivity index (χ0) is 33.4. The van der Waals surface area contributed by atoms with Crippen molar-refractivity contribution in [2.75, 3.05) is 27.3 Å². The molecule has 4 aliphatic heterocycles. The summed E-state index contributed by atoms with van der Waals surface area (Å²) in [5.74, 6) is 1.67. The minimum absolute atomic E-state index is 0.0638. The highest BCUT2D eigenvalue weighted by Gasteiger charge is 2.36. The number of methoxy groups -OCH3 is 2. The van der Waals surface area contributed by atoms with Crippen LogP contribution in [-0.2, 0) is 13.2 Å². The van der Waals surface area contributed by atoms with E-state index in [0.29, 0.717) is 70.0 Å². The summed E-state index contributed by atoms with van der Waals surface area (Å²) < 4.78 is 23.5. The quantitative estimate of drug-likeness (QED) is 0.275. The monoisotopic (exact) mass is 647 g/mol. The molecule has 0 bridgehead atoms. The van der Waals surface area contributed by atoms with Crippen molar-refractivity contribution in [3.63, 3.8) is 0 Å². The normalized spacial score (nSPS) is 21.1. The summed E-state index contributed by atoms with van der Waals surface area (Å²) in [4.78, 5) is 44.5. The maximum Gasteiger partial charge on any atom is 0.257 e. The Hall–Kier alpha value is -5.45. The molecule has 246 valence electrons. The molecule has 0 N–H and O–H groups in total. The molecule has 3 aromatic rings. The van der Waals surface area contributed by atoms with Crippen molar-refractivity contribution in [2.24, 2.45) is 9.98 Å². The van der Waals surface area contributed by atoms with Crippen LogP contribution in [0.3, 0.4) is 0 Å². The lowest BCUT2D eigenvalue weighted by Gasteiger charge is -2.20. The highest BCUT2D eigenvalue weighted by atomic mass is 16.5. The lowest BCUT2D eigenvalue weighted by atomic mass is 10.1. The molecule has 5 heterocycles. The third kappa shape index (κ3) is 5.80. The van der Waals surface area contributed by atoms with Crippen molar-refractivity contribution < 1.29 is 28.5 Å². The number of carbonyl (C=O) groups excluding carboxylic acids is 2. The number of nitrogens with zero attached hydrogens (tertiary/aromatic N) is 5. The maximum absolute atomic E-state index is 13.4. The zero-order valence-corrected chi connectivity index (χ0v) is 27.4. The molecule has 2 aromatic carbocycles. The van der Waals surface area contributed by atoms with Crippen LogP contribution < -0.4 is 18.9 Å². The first-order chi connectivity index (χ1) is 23.4. The van der Waals surface area contributed by atoms with Gasteiger partial charge in [0, 0.05) is 37.7 Å². The Balaban J connectivity index is 1.05. The van der Waals surface area contributed by atoms with Crippen molar-refractivity contribution in [3.05, 3.63) is 88.3 Å². The summed E-state index contributed by atoms with van der Waals surface area (Å²) >= 11 is 0. The van der Waals surface area contributed by atoms with Crippen LogP contribution in [0.5, 0.6) is 23.0 Å². The third-order valence-corrected chi connectivity index (χ3v) is 9.24. The SMILES string of the molecule is C/C=C1\CC2C=Nc3cc(OCc4cccc(COc5cc6c(cc5OC)C(=O)N5C/C(=C/C)C[C@H]5C=N6)n4)c(OC)cc3C(=O)N2C1. The lowest BCUT2D eigenvalue weighted by Crippen LogP contribution is -2.35. The van der Waals surface area contributed by atoms with Gasteiger partial charge in [-0.15, -0.1) is 0 Å². The van der Waals surface area contributed by atoms with Crippen molar-refractivity contribution in [1.82, 2.24) is 14.8 Å². The maximum atomic E-state index is 13.4. The van der Waals surface area contributed by atoms with E-state index >= 15 is 0 Å². The number of aromatic nitrogens is 1. The van der Waals surface area contributed by atoms with Gasteiger partial charge in [0.25, 0.3) is 11.8 Å². The first-order valence-corrected chi connectivity index (χ1v) is 16.0. The summed E-state index contributed by atoms with van der Waals surface area (Å²) in [6, 6.07) is 12.4. The number of amides is 2. The van der Waals surface area contributed by atoms with Gasteiger partial charge in [0.15, 0.2) is 23.0 Å². The van der Waals surface area contributed by atoms with Gasteiger partial charge in [-0.2, -0.15) is 0 Å². The predicted octanol–water partition coefficient (Wildman–Crippen LogP) is 6.01. The van der Waals surface area contributed by atoms with Gasteiger partial charge in [-0.25, -0.2) is 0 Å². The van der Waals surface area contributed by atoms with E-state index in [0.717, 1.165) is 12.8 Å². The molecule has 1 unspecified atom stereocenters. The van der Waals surface area contributed by atoms with Gasteiger partial charge in [-0.1, -0.05) is 29.4 Å². The van der Waals surface area contributed by atoms with Gasteiger partial charge in [0.1, 0.15) is 13.2 Å². The van der Waals surface area contributed by atoms with Crippen molar-refractivity contribution >= 4 is 35.6 Å². The van der Waals surface area contributed by atoms with Gasteiger partial charge >= 0.3 is 0 Å². The summed E-state index contributed by atoms with van der Waals surface area (Å²) in [6.45, 7) is 5.51. The molecule has 48 heavy (non-hydrogen) atoms. The molecule has 7 rings (SSSR count). The van der Waals surface area contributed by atoms with Gasteiger partial charge in [-0.05, 0) is 51.0 Å². The van der Waals surface area contributed by atoms with Gasteiger partial charge in [0.05, 0.1) is 60.2 Å². The average molecular weight is 648 g/mol. The molecule has 0 saturated carbocycles. The summed E-state index contributed by atoms with van der Waals surface area (Å²) in [5.41, 5.74) is 5.87. The second-order valence-corrected chi connectivity index (χ2v) is 12.1. The van der Waals surface area contributed by atoms with E-state index in [1.807, 2.05) is 54.3 Å². The Morgan fingerprint density at radius 3 is 1.58 bits per heavy atom. The number of allylic oxidation sites excluding steroid dienone is 2. The van der Waals surface area contributed by atoms with E-state index in [-0.39, 0.29) is 37.1 Å². The number of benzene rings is 2. The summed E-state index contributed by atoms with van der Waals surface area (Å²) in [5, 5.41) is 0. The van der Waals surface area contributed by atoms with Crippen LogP contribution in [-0.4, -0.2) is 78.4 Å². The topological polar surface area (TPSA) is 115 Å². The molecule has 11 heteroatoms. The minimum atomic E-state index is -0.0728. The lowest BCUT2D eigenvalue weighted by molar-refractivity contribution is 0.0769. The van der Waals surface area contributed by atoms with E-state index in [2.05, 4.69) is 22.1 Å². The molecule has 2 fully saturated rings. The first kappa shape index (κ1) is 31.2. The molecule has 4 aliphatic rings. The Morgan fingerprint density at radius 2 is 1.17 bits per heavy atom. The Kier molecular flexibility index (Phi) is 8.43. The largest absolute Gasteiger partial charge is 0.493 e. The van der Waals surface area contributed by atoms with Gasteiger partial charge in [0.2, 0.25) is 0 Å². The molecule has 11 nitrogen and oxygen atoms in total. The molecule has 2 atom stereocenters. The fraction of sp³-hybridized carbons (Fsp3) is 0.324. The number of pyridine rings is 1. The second-order valence-electron chi connectivity index (χ2n) is 12.1. The number of fused-ring (bicyclic) bond motifs is 4. The summed E-state index contributed by atoms with van der Waals surface area (Å²) in [7, 11) is 3.10. The number of ether oxygens (including phenoxy) is 4. The highest BCUT2D eigenvalue weighted by molar-refractivity contribution is 6.04. The third-order valence-electron chi connectivity index (χ3n) is 9.24. The number of carbonyl (C=O) groups is 2. The molecule has 0 spiro atoms. The summed E-state index contributed by atoms with van der Waals surface area (Å²) in [6.07, 6.45) is 9.39. The van der Waals surface area contributed by atoms with E-state index in [1.165, 1.54) is 11.1 Å². The Labute approximate surface area is 279 Å². The average Bonchev–Trinajstić information content (AvgIpc) is 3.68. The number of hydrogen-bond acceptors (Lipinski definition) is 9. The smallest absolute Gasteiger partial charge is 0.257 e. The van der Waals surface area contributed by atoms with Crippen LogP contribution in [0.1, 0.15) is 58.8 Å². The van der Waals surface area contributed by atoms with E-state index < -0.39 is 0 Å². The molecule has 0 aliphatic carbocycles. The molecule has 1 aromatic heterocycles. The Bertz CT molecular complexity index is 1780. The highest BCUT2D eigenvalue weighted by Crippen LogP contribution is 2.40. The fourth-order valence-corrected chi connectivity index (χ4v) is 6.52. The van der Waals surface area contributed by atoms with Crippen LogP contribution in [0.25, 0.3) is 0 Å². The van der Waals surface area contributed by atoms with Crippen molar-refractivity contribution in [3.8, 4) is 23.0 Å². The van der Waals surface area contributed by atoms with Crippen molar-refractivity contribution in [1.29, 1.82) is 0 Å². The van der Waals surface area contributed by atoms with Crippen molar-refractivity contribution in [2.45, 2.75) is 52.0 Å². The number of hydrogen-bond donors (Lipinski definition) is 0. The number of rotatable bonds is 8. The van der Waals surface area contributed by atoms with E-state index in [9.17, 15) is 9.59 Å². The number of aliphatic imine (C=N–C) groups is 2. The molecule has 2 saturated heterocycles. The molecule has 0 radical (unpaired) electrons. The van der Waals surface area contributed by atoms with Crippen LogP contribution in [0.2, 0.25) is 0 Å². The predicted molar refractivity (Wildman–Crippen MR) is 182 cm³/mol. The molecule has 2 amide bonds. The first-order valence-electron chi connectivity index (χ1n) is 16.0. The van der Waals surface area contributed by atoms with Crippen LogP contribution in [0.15, 0.2) is 75.7 Å². The minimum Gasteiger partial charge on any atom is -0.493 e. The van der Waals surface area contributed by atoms with E-state index in [1.54, 1.807) is 38.5 Å². The van der Waals surface area contributed by atoms with Crippen LogP contribution in [0, 0.1) is 0 Å². The van der Waals surface area contributed by atoms with Crippen LogP contribution in [0.4, 0.5) is 11.4 Å². The second kappa shape index (κ2) is 13.0. The zero-order valence-electron chi connectivity index (χ0n) is 27.4. The standard InChI is InChI=1S/C37H37N5O6/c1-5-22-10-26-16-38-30-14-34(32(45-3)12-28(30)36(43)41(26)18-22)47-20-24-8-7-9-25(40-24)21-48-35-15-31-29(13-33(35)46-4)37(44)42-19-23(6-2)11-27(42)17-39-31/h5-9,12-17,26-27H,10-11,18-21H2,1-4H3/b22-5+,23-6+/t26-,27?/m0/s1. The molecular weight excluding hydrogens is 610 g/mol. The molecular formula is C37H37N5O6. The van der Waals surface area contributed by atoms with Crippen LogP contribution >= 0.6 is 0 Å².